The van der Waals surface area contributed by atoms with Crippen LogP contribution in [0.3, 0.4) is 0 Å². The summed E-state index contributed by atoms with van der Waals surface area (Å²) < 4.78 is 0. The highest BCUT2D eigenvalue weighted by Gasteiger charge is 2.21. The van der Waals surface area contributed by atoms with Crippen molar-refractivity contribution in [3.63, 3.8) is 0 Å². The van der Waals surface area contributed by atoms with Crippen LogP contribution in [0.25, 0.3) is 12.2 Å². The Bertz CT molecular complexity index is 937. The maximum absolute atomic E-state index is 11.4. The average molecular weight is 346 g/mol. The molecule has 4 heterocycles. The van der Waals surface area contributed by atoms with E-state index in [4.69, 9.17) is 5.21 Å². The molecule has 0 aromatic carbocycles. The second kappa shape index (κ2) is 6.69. The molecule has 1 amide bonds. The normalized spacial score (nSPS) is 12.1. The predicted octanol–water partition coefficient (Wildman–Crippen LogP) is 2.21. The second-order valence-electron chi connectivity index (χ2n) is 5.58. The van der Waals surface area contributed by atoms with Crippen LogP contribution in [0, 0.1) is 0 Å². The zero-order chi connectivity index (χ0) is 17.9. The lowest BCUT2D eigenvalue weighted by Crippen LogP contribution is -2.23. The fourth-order valence-electron chi connectivity index (χ4n) is 2.72. The van der Waals surface area contributed by atoms with E-state index in [1.807, 2.05) is 41.3 Å². The monoisotopic (exact) mass is 346 g/mol. The molecule has 8 heteroatoms. The number of fused-ring (bicyclic) bond motifs is 2. The lowest BCUT2D eigenvalue weighted by molar-refractivity contribution is 0.0705. The van der Waals surface area contributed by atoms with Gasteiger partial charge in [0.2, 0.25) is 0 Å². The van der Waals surface area contributed by atoms with Crippen LogP contribution >= 0.6 is 0 Å². The lowest BCUT2D eigenvalue weighted by atomic mass is 10.2. The lowest BCUT2D eigenvalue weighted by Gasteiger charge is -2.23. The van der Waals surface area contributed by atoms with Crippen LogP contribution in [0.4, 0.5) is 11.6 Å². The molecule has 1 aliphatic heterocycles. The van der Waals surface area contributed by atoms with Crippen molar-refractivity contribution in [2.45, 2.75) is 6.54 Å². The fraction of sp³-hybridized carbons (Fsp3) is 0.0556. The highest BCUT2D eigenvalue weighted by Crippen LogP contribution is 2.33. The van der Waals surface area contributed by atoms with Crippen molar-refractivity contribution in [1.29, 1.82) is 0 Å². The number of hydrogen-bond donors (Lipinski definition) is 2. The van der Waals surface area contributed by atoms with Gasteiger partial charge in [-0.1, -0.05) is 12.2 Å². The highest BCUT2D eigenvalue weighted by atomic mass is 16.5. The van der Waals surface area contributed by atoms with Gasteiger partial charge in [-0.3, -0.25) is 10.0 Å². The Kier molecular flexibility index (Phi) is 4.08. The highest BCUT2D eigenvalue weighted by molar-refractivity contribution is 5.92. The van der Waals surface area contributed by atoms with Crippen LogP contribution in [0.15, 0.2) is 49.1 Å². The first-order valence-corrected chi connectivity index (χ1v) is 7.87. The van der Waals surface area contributed by atoms with Crippen LogP contribution in [0.2, 0.25) is 0 Å². The van der Waals surface area contributed by atoms with Gasteiger partial charge in [-0.25, -0.2) is 25.4 Å². The summed E-state index contributed by atoms with van der Waals surface area (Å²) in [6.07, 6.45) is 10.2. The third kappa shape index (κ3) is 2.89. The van der Waals surface area contributed by atoms with Gasteiger partial charge in [0, 0.05) is 35.9 Å². The zero-order valence-electron chi connectivity index (χ0n) is 13.6. The Morgan fingerprint density at radius 1 is 0.962 bits per heavy atom. The number of hydrogen-bond acceptors (Lipinski definition) is 7. The molecule has 4 rings (SSSR count). The first-order valence-electron chi connectivity index (χ1n) is 7.87. The van der Waals surface area contributed by atoms with Gasteiger partial charge in [0.1, 0.15) is 17.5 Å². The maximum atomic E-state index is 11.4. The summed E-state index contributed by atoms with van der Waals surface area (Å²) in [5, 5.41) is 8.68. The molecule has 0 spiro atoms. The van der Waals surface area contributed by atoms with E-state index in [2.05, 4.69) is 19.9 Å². The molecule has 2 N–H and O–H groups in total. The molecule has 26 heavy (non-hydrogen) atoms. The van der Waals surface area contributed by atoms with E-state index in [0.29, 0.717) is 12.4 Å². The summed E-state index contributed by atoms with van der Waals surface area (Å²) in [7, 11) is 0. The van der Waals surface area contributed by atoms with Crippen LogP contribution in [0.1, 0.15) is 27.3 Å². The van der Waals surface area contributed by atoms with Gasteiger partial charge in [-0.2, -0.15) is 0 Å². The Morgan fingerprint density at radius 2 is 1.54 bits per heavy atom. The number of hydroxylamine groups is 1. The molecule has 0 bridgehead atoms. The minimum absolute atomic E-state index is 0.172. The molecule has 0 unspecified atom stereocenters. The molecule has 0 radical (unpaired) electrons. The largest absolute Gasteiger partial charge is 0.302 e. The average Bonchev–Trinajstić information content (AvgIpc) is 2.86. The van der Waals surface area contributed by atoms with E-state index < -0.39 is 5.91 Å². The van der Waals surface area contributed by atoms with E-state index in [1.165, 1.54) is 12.4 Å². The summed E-state index contributed by atoms with van der Waals surface area (Å²) in [5.74, 6) is 1.34. The summed E-state index contributed by atoms with van der Waals surface area (Å²) in [4.78, 5) is 30.8. The van der Waals surface area contributed by atoms with Gasteiger partial charge in [0.15, 0.2) is 0 Å². The van der Waals surface area contributed by atoms with E-state index >= 15 is 0 Å². The SMILES string of the molecule is O=C(NO)c1cnc(CN2c3ncccc3C=Cc3cccnc32)nc1. The van der Waals surface area contributed by atoms with Crippen molar-refractivity contribution in [3.05, 3.63) is 71.6 Å². The first kappa shape index (κ1) is 15.9. The predicted molar refractivity (Wildman–Crippen MR) is 94.5 cm³/mol. The fourth-order valence-corrected chi connectivity index (χ4v) is 2.72. The first-order chi connectivity index (χ1) is 12.8. The molecule has 0 fully saturated rings. The summed E-state index contributed by atoms with van der Waals surface area (Å²) >= 11 is 0. The van der Waals surface area contributed by atoms with Crippen molar-refractivity contribution < 1.29 is 10.0 Å². The smallest absolute Gasteiger partial charge is 0.277 e. The van der Waals surface area contributed by atoms with Crippen LogP contribution < -0.4 is 10.4 Å². The van der Waals surface area contributed by atoms with E-state index in [0.717, 1.165) is 22.8 Å². The maximum Gasteiger partial charge on any atom is 0.277 e. The van der Waals surface area contributed by atoms with E-state index in [-0.39, 0.29) is 5.56 Å². The van der Waals surface area contributed by atoms with Crippen LogP contribution in [0.5, 0.6) is 0 Å². The molecule has 3 aromatic heterocycles. The van der Waals surface area contributed by atoms with Gasteiger partial charge < -0.3 is 4.90 Å². The molecule has 3 aromatic rings. The van der Waals surface area contributed by atoms with Gasteiger partial charge in [-0.05, 0) is 24.3 Å². The van der Waals surface area contributed by atoms with Gasteiger partial charge >= 0.3 is 0 Å². The topological polar surface area (TPSA) is 104 Å². The van der Waals surface area contributed by atoms with Crippen LogP contribution in [-0.4, -0.2) is 31.1 Å². The third-order valence-corrected chi connectivity index (χ3v) is 3.96. The van der Waals surface area contributed by atoms with Gasteiger partial charge in [0.25, 0.3) is 5.91 Å². The summed E-state index contributed by atoms with van der Waals surface area (Å²) in [5.41, 5.74) is 3.65. The van der Waals surface area contributed by atoms with Crippen LogP contribution in [-0.2, 0) is 6.54 Å². The third-order valence-electron chi connectivity index (χ3n) is 3.96. The number of aromatic nitrogens is 4. The van der Waals surface area contributed by atoms with E-state index in [1.54, 1.807) is 17.9 Å². The molecular weight excluding hydrogens is 332 g/mol. The molecule has 0 saturated heterocycles. The summed E-state index contributed by atoms with van der Waals surface area (Å²) in [6, 6.07) is 7.72. The zero-order valence-corrected chi connectivity index (χ0v) is 13.6. The molecule has 0 atom stereocenters. The number of rotatable bonds is 3. The quantitative estimate of drug-likeness (QED) is 0.553. The number of nitrogens with one attached hydrogen (secondary N) is 1. The van der Waals surface area contributed by atoms with Gasteiger partial charge in [0.05, 0.1) is 12.1 Å². The van der Waals surface area contributed by atoms with Crippen molar-refractivity contribution in [2.75, 3.05) is 4.90 Å². The Hall–Kier alpha value is -3.65. The van der Waals surface area contributed by atoms with Crippen molar-refractivity contribution in [1.82, 2.24) is 25.4 Å². The van der Waals surface area contributed by atoms with Gasteiger partial charge in [-0.15, -0.1) is 0 Å². The molecule has 8 nitrogen and oxygen atoms in total. The minimum Gasteiger partial charge on any atom is -0.302 e. The standard InChI is InChI=1S/C18H14N6O2/c25-18(23-26)14-9-21-15(22-10-14)11-24-16-12(3-1-7-19-16)5-6-13-4-2-8-20-17(13)24/h1-10,26H,11H2,(H,23,25). The Morgan fingerprint density at radius 3 is 2.08 bits per heavy atom. The Labute approximate surface area is 148 Å². The van der Waals surface area contributed by atoms with Crippen molar-refractivity contribution in [3.8, 4) is 0 Å². The molecular formula is C18H14N6O2. The summed E-state index contributed by atoms with van der Waals surface area (Å²) in [6.45, 7) is 0.330. The Balaban J connectivity index is 1.74. The number of nitrogens with zero attached hydrogens (tertiary/aromatic N) is 5. The molecule has 128 valence electrons. The number of pyridine rings is 2. The minimum atomic E-state index is -0.658. The van der Waals surface area contributed by atoms with Crippen molar-refractivity contribution >= 4 is 29.7 Å². The number of carbonyl (C=O) groups excluding carboxylic acids is 1. The molecule has 1 aliphatic rings. The number of anilines is 2. The number of carbonyl (C=O) groups is 1. The number of amides is 1. The molecule has 0 aliphatic carbocycles. The second-order valence-corrected chi connectivity index (χ2v) is 5.58. The van der Waals surface area contributed by atoms with E-state index in [9.17, 15) is 4.79 Å². The van der Waals surface area contributed by atoms with Crippen molar-refractivity contribution in [2.24, 2.45) is 0 Å². The molecule has 0 saturated carbocycles.